The van der Waals surface area contributed by atoms with Crippen LogP contribution < -0.4 is 4.90 Å². The van der Waals surface area contributed by atoms with E-state index in [4.69, 9.17) is 4.74 Å². The molecule has 0 unspecified atom stereocenters. The van der Waals surface area contributed by atoms with Crippen LogP contribution in [0.25, 0.3) is 0 Å². The second-order valence-corrected chi connectivity index (χ2v) is 7.95. The lowest BCUT2D eigenvalue weighted by molar-refractivity contribution is 0.0242. The van der Waals surface area contributed by atoms with Crippen molar-refractivity contribution in [1.82, 2.24) is 9.88 Å². The first kappa shape index (κ1) is 19.0. The van der Waals surface area contributed by atoms with Crippen molar-refractivity contribution >= 4 is 27.7 Å². The van der Waals surface area contributed by atoms with Gasteiger partial charge in [0.25, 0.3) is 0 Å². The zero-order chi connectivity index (χ0) is 17.7. The summed E-state index contributed by atoms with van der Waals surface area (Å²) in [5.41, 5.74) is 1.55. The van der Waals surface area contributed by atoms with Crippen LogP contribution in [0.1, 0.15) is 52.7 Å². The van der Waals surface area contributed by atoms with Crippen LogP contribution in [0.5, 0.6) is 0 Å². The average molecular weight is 398 g/mol. The Morgan fingerprint density at radius 3 is 2.54 bits per heavy atom. The SMILES string of the molecule is CCN(Cc1nc(Br)ccc1N1CCCCC1)C(=O)OC(C)(C)C. The molecule has 2 heterocycles. The van der Waals surface area contributed by atoms with Gasteiger partial charge in [0.2, 0.25) is 0 Å². The maximum absolute atomic E-state index is 12.4. The molecular formula is C18H28BrN3O2. The lowest BCUT2D eigenvalue weighted by atomic mass is 10.1. The Balaban J connectivity index is 2.19. The highest BCUT2D eigenvalue weighted by atomic mass is 79.9. The third kappa shape index (κ3) is 5.36. The molecule has 0 aliphatic carbocycles. The van der Waals surface area contributed by atoms with Crippen LogP contribution in [-0.4, -0.2) is 41.2 Å². The van der Waals surface area contributed by atoms with Gasteiger partial charge in [-0.2, -0.15) is 0 Å². The monoisotopic (exact) mass is 397 g/mol. The Bertz CT molecular complexity index is 566. The first-order valence-electron chi connectivity index (χ1n) is 8.68. The van der Waals surface area contributed by atoms with Gasteiger partial charge < -0.3 is 14.5 Å². The van der Waals surface area contributed by atoms with Crippen molar-refractivity contribution in [3.63, 3.8) is 0 Å². The first-order chi connectivity index (χ1) is 11.3. The van der Waals surface area contributed by atoms with E-state index >= 15 is 0 Å². The summed E-state index contributed by atoms with van der Waals surface area (Å²) < 4.78 is 6.30. The minimum atomic E-state index is -0.495. The van der Waals surface area contributed by atoms with Gasteiger partial charge in [-0.15, -0.1) is 0 Å². The second kappa shape index (κ2) is 8.19. The van der Waals surface area contributed by atoms with Crippen LogP contribution >= 0.6 is 15.9 Å². The number of ether oxygens (including phenoxy) is 1. The maximum atomic E-state index is 12.4. The smallest absolute Gasteiger partial charge is 0.410 e. The van der Waals surface area contributed by atoms with Crippen LogP contribution in [0.4, 0.5) is 10.5 Å². The van der Waals surface area contributed by atoms with E-state index in [0.29, 0.717) is 13.1 Å². The van der Waals surface area contributed by atoms with Gasteiger partial charge in [0.15, 0.2) is 0 Å². The van der Waals surface area contributed by atoms with Crippen molar-refractivity contribution < 1.29 is 9.53 Å². The molecule has 0 N–H and O–H groups in total. The molecule has 24 heavy (non-hydrogen) atoms. The summed E-state index contributed by atoms with van der Waals surface area (Å²) in [7, 11) is 0. The normalized spacial score (nSPS) is 15.3. The topological polar surface area (TPSA) is 45.7 Å². The molecule has 1 saturated heterocycles. The van der Waals surface area contributed by atoms with E-state index in [1.807, 2.05) is 33.8 Å². The predicted octanol–water partition coefficient (Wildman–Crippen LogP) is 4.59. The summed E-state index contributed by atoms with van der Waals surface area (Å²) >= 11 is 3.45. The fourth-order valence-corrected chi connectivity index (χ4v) is 3.17. The third-order valence-electron chi connectivity index (χ3n) is 3.99. The van der Waals surface area contributed by atoms with E-state index < -0.39 is 5.60 Å². The maximum Gasteiger partial charge on any atom is 0.410 e. The van der Waals surface area contributed by atoms with E-state index in [0.717, 1.165) is 29.1 Å². The standard InChI is InChI=1S/C18H28BrN3O2/c1-5-21(17(23)24-18(2,3)4)13-14-15(9-10-16(19)20-14)22-11-7-6-8-12-22/h9-10H,5-8,11-13H2,1-4H3. The molecule has 1 aromatic heterocycles. The molecule has 1 amide bonds. The average Bonchev–Trinajstić information content (AvgIpc) is 2.51. The van der Waals surface area contributed by atoms with E-state index in [2.05, 4.69) is 31.9 Å². The summed E-state index contributed by atoms with van der Waals surface area (Å²) in [4.78, 5) is 21.1. The first-order valence-corrected chi connectivity index (χ1v) is 9.48. The number of halogens is 1. The molecule has 0 aromatic carbocycles. The summed E-state index contributed by atoms with van der Waals surface area (Å²) in [5, 5.41) is 0. The molecule has 1 aromatic rings. The summed E-state index contributed by atoms with van der Waals surface area (Å²) in [6, 6.07) is 4.07. The van der Waals surface area contributed by atoms with E-state index in [9.17, 15) is 4.79 Å². The number of rotatable bonds is 4. The van der Waals surface area contributed by atoms with Gasteiger partial charge in [-0.05, 0) is 75.0 Å². The summed E-state index contributed by atoms with van der Waals surface area (Å²) in [5.74, 6) is 0. The molecule has 0 radical (unpaired) electrons. The zero-order valence-corrected chi connectivity index (χ0v) is 16.7. The predicted molar refractivity (Wildman–Crippen MR) is 100 cm³/mol. The molecule has 0 saturated carbocycles. The quantitative estimate of drug-likeness (QED) is 0.696. The Hall–Kier alpha value is -1.30. The lowest BCUT2D eigenvalue weighted by Gasteiger charge is -2.32. The van der Waals surface area contributed by atoms with Crippen LogP contribution in [0.15, 0.2) is 16.7 Å². The summed E-state index contributed by atoms with van der Waals surface area (Å²) in [6.07, 6.45) is 3.41. The largest absolute Gasteiger partial charge is 0.444 e. The van der Waals surface area contributed by atoms with Crippen molar-refractivity contribution in [2.24, 2.45) is 0 Å². The van der Waals surface area contributed by atoms with Crippen LogP contribution in [0.2, 0.25) is 0 Å². The fraction of sp³-hybridized carbons (Fsp3) is 0.667. The van der Waals surface area contributed by atoms with Gasteiger partial charge in [-0.25, -0.2) is 9.78 Å². The number of carbonyl (C=O) groups is 1. The third-order valence-corrected chi connectivity index (χ3v) is 4.43. The highest BCUT2D eigenvalue weighted by Gasteiger charge is 2.24. The molecule has 0 spiro atoms. The second-order valence-electron chi connectivity index (χ2n) is 7.14. The van der Waals surface area contributed by atoms with Gasteiger partial charge in [0.1, 0.15) is 10.2 Å². The molecule has 2 rings (SSSR count). The van der Waals surface area contributed by atoms with Crippen LogP contribution in [-0.2, 0) is 11.3 Å². The fourth-order valence-electron chi connectivity index (χ4n) is 2.82. The molecule has 0 bridgehead atoms. The zero-order valence-electron chi connectivity index (χ0n) is 15.1. The van der Waals surface area contributed by atoms with Gasteiger partial charge in [0, 0.05) is 19.6 Å². The highest BCUT2D eigenvalue weighted by molar-refractivity contribution is 9.10. The van der Waals surface area contributed by atoms with Gasteiger partial charge in [-0.3, -0.25) is 0 Å². The van der Waals surface area contributed by atoms with Crippen molar-refractivity contribution in [3.05, 3.63) is 22.4 Å². The van der Waals surface area contributed by atoms with E-state index in [-0.39, 0.29) is 6.09 Å². The van der Waals surface area contributed by atoms with Gasteiger partial charge in [0.05, 0.1) is 17.9 Å². The van der Waals surface area contributed by atoms with Crippen molar-refractivity contribution in [2.75, 3.05) is 24.5 Å². The Morgan fingerprint density at radius 1 is 1.29 bits per heavy atom. The molecule has 5 nitrogen and oxygen atoms in total. The number of hydrogen-bond donors (Lipinski definition) is 0. The number of aromatic nitrogens is 1. The lowest BCUT2D eigenvalue weighted by Crippen LogP contribution is -2.37. The Kier molecular flexibility index (Phi) is 6.49. The molecule has 0 atom stereocenters. The number of anilines is 1. The van der Waals surface area contributed by atoms with Crippen LogP contribution in [0.3, 0.4) is 0 Å². The molecule has 134 valence electrons. The van der Waals surface area contributed by atoms with Crippen molar-refractivity contribution in [3.8, 4) is 0 Å². The van der Waals surface area contributed by atoms with E-state index in [1.54, 1.807) is 4.90 Å². The molecule has 1 fully saturated rings. The minimum absolute atomic E-state index is 0.295. The van der Waals surface area contributed by atoms with E-state index in [1.165, 1.54) is 19.3 Å². The molecular weight excluding hydrogens is 370 g/mol. The number of hydrogen-bond acceptors (Lipinski definition) is 4. The van der Waals surface area contributed by atoms with Crippen molar-refractivity contribution in [2.45, 2.75) is 59.1 Å². The number of nitrogens with zero attached hydrogens (tertiary/aromatic N) is 3. The number of pyridine rings is 1. The molecule has 1 aliphatic rings. The van der Waals surface area contributed by atoms with Crippen LogP contribution in [0, 0.1) is 0 Å². The van der Waals surface area contributed by atoms with Crippen molar-refractivity contribution in [1.29, 1.82) is 0 Å². The number of amides is 1. The number of carbonyl (C=O) groups excluding carboxylic acids is 1. The van der Waals surface area contributed by atoms with Gasteiger partial charge >= 0.3 is 6.09 Å². The highest BCUT2D eigenvalue weighted by Crippen LogP contribution is 2.26. The molecule has 1 aliphatic heterocycles. The molecule has 6 heteroatoms. The summed E-state index contributed by atoms with van der Waals surface area (Å²) in [6.45, 7) is 10.8. The number of piperidine rings is 1. The Morgan fingerprint density at radius 2 is 1.96 bits per heavy atom. The van der Waals surface area contributed by atoms with Gasteiger partial charge in [-0.1, -0.05) is 0 Å². The minimum Gasteiger partial charge on any atom is -0.444 e. The Labute approximate surface area is 153 Å².